The van der Waals surface area contributed by atoms with Crippen molar-refractivity contribution in [3.8, 4) is 0 Å². The van der Waals surface area contributed by atoms with Crippen molar-refractivity contribution in [2.24, 2.45) is 0 Å². The molecule has 8 heteroatoms. The van der Waals surface area contributed by atoms with Crippen LogP contribution in [0.25, 0.3) is 11.0 Å². The van der Waals surface area contributed by atoms with Crippen molar-refractivity contribution < 1.29 is 8.78 Å². The Morgan fingerprint density at radius 3 is 2.68 bits per heavy atom. The standard InChI is InChI=1S/C20H24F2N6/c1-3-14-11-23-13-24-19(14)28-8-6-27(7-9-28)12-18-25-16-5-4-15(20(2,21)22)10-17(16)26-18/h4-5,10-11,13H,3,6-9,12H2,1-2H3,(H,25,26). The predicted molar refractivity (Wildman–Crippen MR) is 105 cm³/mol. The van der Waals surface area contributed by atoms with E-state index < -0.39 is 5.92 Å². The number of anilines is 1. The molecule has 0 atom stereocenters. The van der Waals surface area contributed by atoms with Crippen LogP contribution in [-0.4, -0.2) is 51.0 Å². The molecule has 0 aliphatic carbocycles. The number of hydrogen-bond acceptors (Lipinski definition) is 5. The number of H-pyrrole nitrogens is 1. The quantitative estimate of drug-likeness (QED) is 0.729. The summed E-state index contributed by atoms with van der Waals surface area (Å²) in [6, 6.07) is 4.59. The Balaban J connectivity index is 1.42. The highest BCUT2D eigenvalue weighted by Crippen LogP contribution is 2.29. The van der Waals surface area contributed by atoms with E-state index in [2.05, 4.69) is 36.7 Å². The third-order valence-electron chi connectivity index (χ3n) is 5.23. The molecule has 28 heavy (non-hydrogen) atoms. The van der Waals surface area contributed by atoms with Crippen molar-refractivity contribution in [1.29, 1.82) is 0 Å². The average molecular weight is 386 g/mol. The number of benzene rings is 1. The van der Waals surface area contributed by atoms with Gasteiger partial charge in [0, 0.05) is 50.4 Å². The number of fused-ring (bicyclic) bond motifs is 1. The molecule has 6 nitrogen and oxygen atoms in total. The summed E-state index contributed by atoms with van der Waals surface area (Å²) in [7, 11) is 0. The fourth-order valence-electron chi connectivity index (χ4n) is 3.63. The van der Waals surface area contributed by atoms with Crippen molar-refractivity contribution in [2.45, 2.75) is 32.7 Å². The highest BCUT2D eigenvalue weighted by atomic mass is 19.3. The van der Waals surface area contributed by atoms with Crippen LogP contribution in [0, 0.1) is 0 Å². The zero-order valence-corrected chi connectivity index (χ0v) is 16.1. The fraction of sp³-hybridized carbons (Fsp3) is 0.450. The Morgan fingerprint density at radius 2 is 1.96 bits per heavy atom. The van der Waals surface area contributed by atoms with Gasteiger partial charge in [-0.05, 0) is 18.6 Å². The number of halogens is 2. The highest BCUT2D eigenvalue weighted by molar-refractivity contribution is 5.76. The molecule has 0 spiro atoms. The number of nitrogens with one attached hydrogen (secondary N) is 1. The van der Waals surface area contributed by atoms with Crippen molar-refractivity contribution in [1.82, 2.24) is 24.8 Å². The van der Waals surface area contributed by atoms with Gasteiger partial charge >= 0.3 is 0 Å². The van der Waals surface area contributed by atoms with Gasteiger partial charge in [-0.15, -0.1) is 0 Å². The SMILES string of the molecule is CCc1cncnc1N1CCN(Cc2nc3ccc(C(C)(F)F)cc3[nH]2)CC1. The van der Waals surface area contributed by atoms with Gasteiger partial charge in [-0.1, -0.05) is 13.0 Å². The molecule has 148 valence electrons. The summed E-state index contributed by atoms with van der Waals surface area (Å²) in [4.78, 5) is 20.9. The van der Waals surface area contributed by atoms with Crippen molar-refractivity contribution in [2.75, 3.05) is 31.1 Å². The van der Waals surface area contributed by atoms with E-state index in [0.29, 0.717) is 12.1 Å². The van der Waals surface area contributed by atoms with E-state index in [1.165, 1.54) is 12.1 Å². The van der Waals surface area contributed by atoms with Crippen LogP contribution in [0.1, 0.15) is 30.8 Å². The van der Waals surface area contributed by atoms with Crippen LogP contribution < -0.4 is 4.90 Å². The molecule has 3 heterocycles. The lowest BCUT2D eigenvalue weighted by molar-refractivity contribution is 0.0176. The lowest BCUT2D eigenvalue weighted by Gasteiger charge is -2.35. The van der Waals surface area contributed by atoms with Gasteiger partial charge in [0.1, 0.15) is 18.0 Å². The second kappa shape index (κ2) is 7.43. The van der Waals surface area contributed by atoms with E-state index in [-0.39, 0.29) is 5.56 Å². The number of aryl methyl sites for hydroxylation is 1. The molecule has 2 aromatic heterocycles. The first-order valence-electron chi connectivity index (χ1n) is 9.57. The lowest BCUT2D eigenvalue weighted by atomic mass is 10.1. The third kappa shape index (κ3) is 3.82. The third-order valence-corrected chi connectivity index (χ3v) is 5.23. The lowest BCUT2D eigenvalue weighted by Crippen LogP contribution is -2.46. The smallest absolute Gasteiger partial charge is 0.270 e. The summed E-state index contributed by atoms with van der Waals surface area (Å²) in [5, 5.41) is 0. The summed E-state index contributed by atoms with van der Waals surface area (Å²) < 4.78 is 27.1. The zero-order valence-electron chi connectivity index (χ0n) is 16.1. The Bertz CT molecular complexity index is 957. The Labute approximate surface area is 162 Å². The molecule has 0 unspecified atom stereocenters. The highest BCUT2D eigenvalue weighted by Gasteiger charge is 2.25. The van der Waals surface area contributed by atoms with Gasteiger partial charge in [-0.3, -0.25) is 4.90 Å². The molecule has 3 aromatic rings. The van der Waals surface area contributed by atoms with E-state index in [9.17, 15) is 8.78 Å². The molecule has 0 saturated carbocycles. The predicted octanol–water partition coefficient (Wildman–Crippen LogP) is 3.35. The molecule has 1 fully saturated rings. The Kier molecular flexibility index (Phi) is 4.97. The molecule has 1 saturated heterocycles. The van der Waals surface area contributed by atoms with Crippen LogP contribution >= 0.6 is 0 Å². The summed E-state index contributed by atoms with van der Waals surface area (Å²) in [5.74, 6) is -1.03. The maximum absolute atomic E-state index is 13.5. The van der Waals surface area contributed by atoms with Crippen LogP contribution in [0.3, 0.4) is 0 Å². The zero-order chi connectivity index (χ0) is 19.7. The molecular weight excluding hydrogens is 362 g/mol. The van der Waals surface area contributed by atoms with Crippen molar-refractivity contribution in [3.63, 3.8) is 0 Å². The number of nitrogens with zero attached hydrogens (tertiary/aromatic N) is 5. The van der Waals surface area contributed by atoms with Gasteiger partial charge in [0.15, 0.2) is 0 Å². The van der Waals surface area contributed by atoms with E-state index in [1.807, 2.05) is 6.20 Å². The van der Waals surface area contributed by atoms with Crippen LogP contribution in [0.2, 0.25) is 0 Å². The summed E-state index contributed by atoms with van der Waals surface area (Å²) in [5.41, 5.74) is 2.54. The van der Waals surface area contributed by atoms with Crippen molar-refractivity contribution in [3.05, 3.63) is 47.7 Å². The summed E-state index contributed by atoms with van der Waals surface area (Å²) >= 11 is 0. The van der Waals surface area contributed by atoms with E-state index in [0.717, 1.165) is 62.2 Å². The molecule has 1 N–H and O–H groups in total. The molecule has 0 bridgehead atoms. The number of piperazine rings is 1. The molecule has 1 aromatic carbocycles. The first-order chi connectivity index (χ1) is 13.4. The van der Waals surface area contributed by atoms with Gasteiger partial charge in [0.05, 0.1) is 17.6 Å². The van der Waals surface area contributed by atoms with Gasteiger partial charge in [0.25, 0.3) is 5.92 Å². The van der Waals surface area contributed by atoms with Gasteiger partial charge < -0.3 is 9.88 Å². The fourth-order valence-corrected chi connectivity index (χ4v) is 3.63. The maximum atomic E-state index is 13.5. The molecule has 0 amide bonds. The number of aromatic amines is 1. The number of rotatable bonds is 5. The second-order valence-corrected chi connectivity index (χ2v) is 7.29. The van der Waals surface area contributed by atoms with Crippen LogP contribution in [0.15, 0.2) is 30.7 Å². The molecule has 1 aliphatic rings. The monoisotopic (exact) mass is 386 g/mol. The Hall–Kier alpha value is -2.61. The topological polar surface area (TPSA) is 60.9 Å². The average Bonchev–Trinajstić information content (AvgIpc) is 3.09. The van der Waals surface area contributed by atoms with E-state index >= 15 is 0 Å². The summed E-state index contributed by atoms with van der Waals surface area (Å²) in [6.07, 6.45) is 4.40. The maximum Gasteiger partial charge on any atom is 0.270 e. The van der Waals surface area contributed by atoms with Crippen molar-refractivity contribution >= 4 is 16.9 Å². The number of hydrogen-bond donors (Lipinski definition) is 1. The molecular formula is C20H24F2N6. The van der Waals surface area contributed by atoms with Crippen LogP contribution in [-0.2, 0) is 18.9 Å². The number of imidazole rings is 1. The largest absolute Gasteiger partial charge is 0.354 e. The normalized spacial score (nSPS) is 16.1. The van der Waals surface area contributed by atoms with E-state index in [4.69, 9.17) is 0 Å². The second-order valence-electron chi connectivity index (χ2n) is 7.29. The van der Waals surface area contributed by atoms with Crippen LogP contribution in [0.5, 0.6) is 0 Å². The molecule has 1 aliphatic heterocycles. The summed E-state index contributed by atoms with van der Waals surface area (Å²) in [6.45, 7) is 7.25. The van der Waals surface area contributed by atoms with Gasteiger partial charge in [0.2, 0.25) is 0 Å². The first-order valence-corrected chi connectivity index (χ1v) is 9.57. The number of alkyl halides is 2. The first kappa shape index (κ1) is 18.7. The molecule has 0 radical (unpaired) electrons. The minimum Gasteiger partial charge on any atom is -0.354 e. The van der Waals surface area contributed by atoms with E-state index in [1.54, 1.807) is 12.4 Å². The minimum absolute atomic E-state index is 0.000364. The number of aromatic nitrogens is 4. The molecule has 4 rings (SSSR count). The van der Waals surface area contributed by atoms with Crippen LogP contribution in [0.4, 0.5) is 14.6 Å². The minimum atomic E-state index is -2.85. The Morgan fingerprint density at radius 1 is 1.18 bits per heavy atom. The van der Waals surface area contributed by atoms with Gasteiger partial charge in [-0.2, -0.15) is 0 Å². The van der Waals surface area contributed by atoms with Gasteiger partial charge in [-0.25, -0.2) is 23.7 Å².